The fourth-order valence-corrected chi connectivity index (χ4v) is 3.56. The number of anilines is 1. The first-order valence-electron chi connectivity index (χ1n) is 9.33. The van der Waals surface area contributed by atoms with Crippen molar-refractivity contribution in [1.82, 2.24) is 25.1 Å². The summed E-state index contributed by atoms with van der Waals surface area (Å²) in [7, 11) is 1.55. The molecule has 0 bridgehead atoms. The molecule has 3 N–H and O–H groups in total. The van der Waals surface area contributed by atoms with Crippen molar-refractivity contribution in [2.45, 2.75) is 5.16 Å². The van der Waals surface area contributed by atoms with E-state index in [9.17, 15) is 14.4 Å². The van der Waals surface area contributed by atoms with Crippen molar-refractivity contribution in [2.24, 2.45) is 0 Å². The van der Waals surface area contributed by atoms with Crippen LogP contribution in [0, 0.1) is 0 Å². The molecule has 9 nitrogen and oxygen atoms in total. The van der Waals surface area contributed by atoms with E-state index in [0.29, 0.717) is 27.4 Å². The topological polar surface area (TPSA) is 122 Å². The molecule has 2 aromatic heterocycles. The summed E-state index contributed by atoms with van der Waals surface area (Å²) in [5, 5.41) is 10.2. The van der Waals surface area contributed by atoms with Gasteiger partial charge in [-0.1, -0.05) is 30.0 Å². The highest BCUT2D eigenvalue weighted by atomic mass is 32.2. The minimum atomic E-state index is -0.320. The lowest BCUT2D eigenvalue weighted by atomic mass is 10.2. The molecule has 2 amide bonds. The molecule has 0 radical (unpaired) electrons. The number of carbonyl (C=O) groups is 2. The summed E-state index contributed by atoms with van der Waals surface area (Å²) in [5.41, 5.74) is 1.95. The van der Waals surface area contributed by atoms with Gasteiger partial charge < -0.3 is 15.6 Å². The largest absolute Gasteiger partial charge is 0.355 e. The van der Waals surface area contributed by atoms with E-state index in [-0.39, 0.29) is 23.1 Å². The number of benzene rings is 2. The summed E-state index contributed by atoms with van der Waals surface area (Å²) in [6.45, 7) is 0. The van der Waals surface area contributed by atoms with Crippen molar-refractivity contribution in [3.8, 4) is 5.69 Å². The predicted octanol–water partition coefficient (Wildman–Crippen LogP) is 2.20. The Morgan fingerprint density at radius 2 is 1.84 bits per heavy atom. The molecule has 10 heteroatoms. The Labute approximate surface area is 180 Å². The highest BCUT2D eigenvalue weighted by molar-refractivity contribution is 7.99. The molecule has 0 aliphatic carbocycles. The first-order valence-corrected chi connectivity index (χ1v) is 10.3. The van der Waals surface area contributed by atoms with E-state index in [4.69, 9.17) is 0 Å². The molecule has 2 heterocycles. The summed E-state index contributed by atoms with van der Waals surface area (Å²) >= 11 is 1.11. The number of thioether (sulfide) groups is 1. The van der Waals surface area contributed by atoms with Crippen LogP contribution in [0.25, 0.3) is 16.7 Å². The molecule has 0 saturated carbocycles. The molecule has 31 heavy (non-hydrogen) atoms. The summed E-state index contributed by atoms with van der Waals surface area (Å²) < 4.78 is 1.59. The van der Waals surface area contributed by atoms with Crippen molar-refractivity contribution in [2.75, 3.05) is 18.1 Å². The minimum absolute atomic E-state index is 0.0467. The average Bonchev–Trinajstić information content (AvgIpc) is 3.23. The summed E-state index contributed by atoms with van der Waals surface area (Å²) in [6.07, 6.45) is 1.47. The van der Waals surface area contributed by atoms with Crippen LogP contribution in [0.15, 0.2) is 70.7 Å². The number of fused-ring (bicyclic) bond motifs is 1. The molecule has 0 fully saturated rings. The third kappa shape index (κ3) is 4.48. The summed E-state index contributed by atoms with van der Waals surface area (Å²) in [5.74, 6) is -0.420. The number of para-hydroxylation sites is 1. The molecule has 0 atom stereocenters. The molecule has 4 rings (SSSR count). The van der Waals surface area contributed by atoms with Crippen molar-refractivity contribution >= 4 is 40.3 Å². The predicted molar refractivity (Wildman–Crippen MR) is 119 cm³/mol. The lowest BCUT2D eigenvalue weighted by Crippen LogP contribution is -2.18. The molecule has 2 aromatic carbocycles. The quantitative estimate of drug-likeness (QED) is 0.316. The maximum atomic E-state index is 12.4. The van der Waals surface area contributed by atoms with Crippen molar-refractivity contribution in [1.29, 1.82) is 0 Å². The second kappa shape index (κ2) is 8.84. The Hall–Kier alpha value is -3.92. The van der Waals surface area contributed by atoms with Gasteiger partial charge in [0, 0.05) is 18.3 Å². The third-order valence-corrected chi connectivity index (χ3v) is 5.29. The van der Waals surface area contributed by atoms with Gasteiger partial charge in [0.25, 0.3) is 11.5 Å². The van der Waals surface area contributed by atoms with Crippen molar-refractivity contribution < 1.29 is 9.59 Å². The SMILES string of the molecule is CNC(=O)c1ccc(NC(=O)CSc2nc3c(cnn3-c3ccccc3)c(=O)[nH]2)cc1. The zero-order valence-electron chi connectivity index (χ0n) is 16.5. The lowest BCUT2D eigenvalue weighted by Gasteiger charge is -2.07. The second-order valence-electron chi connectivity index (χ2n) is 6.49. The molecule has 4 aromatic rings. The number of aromatic amines is 1. The molecule has 0 spiro atoms. The number of carbonyl (C=O) groups excluding carboxylic acids is 2. The third-order valence-electron chi connectivity index (χ3n) is 4.42. The van der Waals surface area contributed by atoms with Crippen LogP contribution in [0.4, 0.5) is 5.69 Å². The molecular weight excluding hydrogens is 416 g/mol. The molecule has 0 unspecified atom stereocenters. The smallest absolute Gasteiger partial charge is 0.262 e. The van der Waals surface area contributed by atoms with Crippen LogP contribution in [-0.4, -0.2) is 44.4 Å². The minimum Gasteiger partial charge on any atom is -0.355 e. The van der Waals surface area contributed by atoms with Gasteiger partial charge in [0.05, 0.1) is 17.6 Å². The monoisotopic (exact) mass is 434 g/mol. The highest BCUT2D eigenvalue weighted by Crippen LogP contribution is 2.18. The van der Waals surface area contributed by atoms with E-state index in [1.54, 1.807) is 36.0 Å². The lowest BCUT2D eigenvalue weighted by molar-refractivity contribution is -0.113. The van der Waals surface area contributed by atoms with E-state index in [1.165, 1.54) is 6.20 Å². The van der Waals surface area contributed by atoms with Crippen LogP contribution in [0.1, 0.15) is 10.4 Å². The number of nitrogens with zero attached hydrogens (tertiary/aromatic N) is 3. The van der Waals surface area contributed by atoms with Gasteiger partial charge in [-0.3, -0.25) is 14.4 Å². The van der Waals surface area contributed by atoms with Gasteiger partial charge in [-0.05, 0) is 36.4 Å². The number of rotatable bonds is 6. The highest BCUT2D eigenvalue weighted by Gasteiger charge is 2.13. The van der Waals surface area contributed by atoms with E-state index in [2.05, 4.69) is 25.7 Å². The van der Waals surface area contributed by atoms with Gasteiger partial charge >= 0.3 is 0 Å². The maximum absolute atomic E-state index is 12.4. The van der Waals surface area contributed by atoms with Gasteiger partial charge in [0.2, 0.25) is 5.91 Å². The summed E-state index contributed by atoms with van der Waals surface area (Å²) in [6, 6.07) is 15.9. The van der Waals surface area contributed by atoms with Crippen molar-refractivity contribution in [3.05, 3.63) is 76.7 Å². The number of hydrogen-bond donors (Lipinski definition) is 3. The number of nitrogens with one attached hydrogen (secondary N) is 3. The van der Waals surface area contributed by atoms with Crippen LogP contribution in [0.3, 0.4) is 0 Å². The maximum Gasteiger partial charge on any atom is 0.262 e. The van der Waals surface area contributed by atoms with Gasteiger partial charge in [0.15, 0.2) is 10.8 Å². The Bertz CT molecular complexity index is 1300. The van der Waals surface area contributed by atoms with Crippen LogP contribution < -0.4 is 16.2 Å². The number of hydrogen-bond acceptors (Lipinski definition) is 6. The first kappa shape index (κ1) is 20.4. The van der Waals surface area contributed by atoms with E-state index in [1.807, 2.05) is 30.3 Å². The molecule has 0 aliphatic heterocycles. The zero-order valence-corrected chi connectivity index (χ0v) is 17.3. The first-order chi connectivity index (χ1) is 15.0. The van der Waals surface area contributed by atoms with Crippen LogP contribution in [0.2, 0.25) is 0 Å². The Morgan fingerprint density at radius 1 is 1.10 bits per heavy atom. The van der Waals surface area contributed by atoms with Crippen LogP contribution >= 0.6 is 11.8 Å². The number of aromatic nitrogens is 4. The molecule has 156 valence electrons. The fourth-order valence-electron chi connectivity index (χ4n) is 2.91. The van der Waals surface area contributed by atoms with Crippen molar-refractivity contribution in [3.63, 3.8) is 0 Å². The van der Waals surface area contributed by atoms with Crippen LogP contribution in [-0.2, 0) is 4.79 Å². The molecule has 0 aliphatic rings. The van der Waals surface area contributed by atoms with Gasteiger partial charge in [0.1, 0.15) is 5.39 Å². The standard InChI is InChI=1S/C21H18N6O3S/c1-22-19(29)13-7-9-14(10-8-13)24-17(28)12-31-21-25-18-16(20(30)26-21)11-23-27(18)15-5-3-2-4-6-15/h2-11H,12H2,1H3,(H,22,29)(H,24,28)(H,25,26,30). The average molecular weight is 434 g/mol. The Morgan fingerprint density at radius 3 is 2.55 bits per heavy atom. The van der Waals surface area contributed by atoms with E-state index in [0.717, 1.165) is 17.4 Å². The normalized spacial score (nSPS) is 10.7. The zero-order chi connectivity index (χ0) is 21.8. The van der Waals surface area contributed by atoms with Gasteiger partial charge in [-0.25, -0.2) is 9.67 Å². The second-order valence-corrected chi connectivity index (χ2v) is 7.46. The number of amides is 2. The van der Waals surface area contributed by atoms with Crippen LogP contribution in [0.5, 0.6) is 0 Å². The molecular formula is C21H18N6O3S. The number of H-pyrrole nitrogens is 1. The van der Waals surface area contributed by atoms with Gasteiger partial charge in [-0.2, -0.15) is 5.10 Å². The van der Waals surface area contributed by atoms with E-state index >= 15 is 0 Å². The van der Waals surface area contributed by atoms with E-state index < -0.39 is 0 Å². The Balaban J connectivity index is 1.47. The Kier molecular flexibility index (Phi) is 5.80. The summed E-state index contributed by atoms with van der Waals surface area (Å²) in [4.78, 5) is 43.4. The van der Waals surface area contributed by atoms with Gasteiger partial charge in [-0.15, -0.1) is 0 Å². The fraction of sp³-hybridized carbons (Fsp3) is 0.0952. The molecule has 0 saturated heterocycles.